The third kappa shape index (κ3) is 1.92. The van der Waals surface area contributed by atoms with Gasteiger partial charge in [0.15, 0.2) is 0 Å². The van der Waals surface area contributed by atoms with E-state index in [9.17, 15) is 0 Å². The van der Waals surface area contributed by atoms with Gasteiger partial charge in [0.05, 0.1) is 5.56 Å². The van der Waals surface area contributed by atoms with Gasteiger partial charge in [0.1, 0.15) is 11.0 Å². The van der Waals surface area contributed by atoms with E-state index in [1.807, 2.05) is 31.2 Å². The average Bonchev–Trinajstić information content (AvgIpc) is 2.19. The summed E-state index contributed by atoms with van der Waals surface area (Å²) < 4.78 is 0. The molecule has 0 aliphatic rings. The van der Waals surface area contributed by atoms with E-state index >= 15 is 0 Å². The first-order valence-corrected chi connectivity index (χ1v) is 5.11. The van der Waals surface area contributed by atoms with Crippen molar-refractivity contribution >= 4 is 23.4 Å². The van der Waals surface area contributed by atoms with E-state index in [2.05, 4.69) is 9.97 Å². The number of benzene rings is 1. The van der Waals surface area contributed by atoms with Crippen LogP contribution in [0.4, 0.5) is 11.8 Å². The van der Waals surface area contributed by atoms with Gasteiger partial charge in [-0.3, -0.25) is 0 Å². The summed E-state index contributed by atoms with van der Waals surface area (Å²) in [4.78, 5) is 7.78. The van der Waals surface area contributed by atoms with Crippen molar-refractivity contribution in [3.8, 4) is 11.1 Å². The van der Waals surface area contributed by atoms with E-state index in [4.69, 9.17) is 23.1 Å². The van der Waals surface area contributed by atoms with Crippen molar-refractivity contribution in [3.05, 3.63) is 35.0 Å². The maximum Gasteiger partial charge on any atom is 0.223 e. The molecule has 1 aromatic carbocycles. The number of anilines is 2. The highest BCUT2D eigenvalue weighted by Crippen LogP contribution is 2.31. The molecule has 1 aromatic heterocycles. The van der Waals surface area contributed by atoms with Crippen LogP contribution >= 0.6 is 11.6 Å². The largest absolute Gasteiger partial charge is 0.383 e. The Kier molecular flexibility index (Phi) is 2.66. The molecule has 1 heterocycles. The molecule has 0 amide bonds. The standard InChI is InChI=1S/C11H11ClN4/c1-6-2-4-7(5-3-6)8-9(12)15-11(14)16-10(8)13/h2-5H,1H3,(H4,13,14,15,16). The predicted octanol–water partition coefficient (Wildman–Crippen LogP) is 2.27. The zero-order chi connectivity index (χ0) is 11.7. The number of hydrogen-bond acceptors (Lipinski definition) is 4. The van der Waals surface area contributed by atoms with Crippen LogP contribution in [0.3, 0.4) is 0 Å². The fraction of sp³-hybridized carbons (Fsp3) is 0.0909. The van der Waals surface area contributed by atoms with Crippen LogP contribution in [-0.2, 0) is 0 Å². The third-order valence-electron chi connectivity index (χ3n) is 2.25. The molecule has 2 aromatic rings. The summed E-state index contributed by atoms with van der Waals surface area (Å²) in [7, 11) is 0. The topological polar surface area (TPSA) is 77.8 Å². The van der Waals surface area contributed by atoms with E-state index in [1.54, 1.807) is 0 Å². The molecule has 16 heavy (non-hydrogen) atoms. The van der Waals surface area contributed by atoms with Gasteiger partial charge in [-0.15, -0.1) is 0 Å². The average molecular weight is 235 g/mol. The number of aromatic nitrogens is 2. The third-order valence-corrected chi connectivity index (χ3v) is 2.52. The molecule has 4 N–H and O–H groups in total. The lowest BCUT2D eigenvalue weighted by atomic mass is 10.1. The second-order valence-corrected chi connectivity index (χ2v) is 3.86. The Morgan fingerprint density at radius 2 is 1.69 bits per heavy atom. The first-order chi connectivity index (χ1) is 7.58. The molecule has 0 fully saturated rings. The molecular formula is C11H11ClN4. The minimum absolute atomic E-state index is 0.0818. The van der Waals surface area contributed by atoms with Crippen molar-refractivity contribution in [1.82, 2.24) is 9.97 Å². The van der Waals surface area contributed by atoms with E-state index in [-0.39, 0.29) is 11.1 Å². The van der Waals surface area contributed by atoms with Crippen LogP contribution in [0.25, 0.3) is 11.1 Å². The molecule has 5 heteroatoms. The van der Waals surface area contributed by atoms with Crippen molar-refractivity contribution < 1.29 is 0 Å². The maximum absolute atomic E-state index is 6.00. The smallest absolute Gasteiger partial charge is 0.223 e. The zero-order valence-electron chi connectivity index (χ0n) is 8.74. The molecule has 0 spiro atoms. The lowest BCUT2D eigenvalue weighted by Gasteiger charge is -2.07. The van der Waals surface area contributed by atoms with Gasteiger partial charge in [0, 0.05) is 0 Å². The van der Waals surface area contributed by atoms with Crippen molar-refractivity contribution in [2.24, 2.45) is 0 Å². The highest BCUT2D eigenvalue weighted by molar-refractivity contribution is 6.32. The number of aryl methyl sites for hydroxylation is 1. The fourth-order valence-corrected chi connectivity index (χ4v) is 1.75. The Morgan fingerprint density at radius 1 is 1.06 bits per heavy atom. The predicted molar refractivity (Wildman–Crippen MR) is 66.0 cm³/mol. The summed E-state index contributed by atoms with van der Waals surface area (Å²) in [5.41, 5.74) is 13.9. The van der Waals surface area contributed by atoms with Crippen LogP contribution in [0.5, 0.6) is 0 Å². The summed E-state index contributed by atoms with van der Waals surface area (Å²) in [6.07, 6.45) is 0. The van der Waals surface area contributed by atoms with Gasteiger partial charge >= 0.3 is 0 Å². The van der Waals surface area contributed by atoms with Crippen molar-refractivity contribution in [3.63, 3.8) is 0 Å². The van der Waals surface area contributed by atoms with Gasteiger partial charge in [0.2, 0.25) is 5.95 Å². The molecule has 0 atom stereocenters. The Labute approximate surface area is 98.3 Å². The SMILES string of the molecule is Cc1ccc(-c2c(N)nc(N)nc2Cl)cc1. The molecule has 0 radical (unpaired) electrons. The lowest BCUT2D eigenvalue weighted by molar-refractivity contribution is 1.20. The van der Waals surface area contributed by atoms with Crippen LogP contribution in [0.2, 0.25) is 5.15 Å². The molecule has 0 saturated heterocycles. The van der Waals surface area contributed by atoms with Crippen molar-refractivity contribution in [2.75, 3.05) is 11.5 Å². The highest BCUT2D eigenvalue weighted by atomic mass is 35.5. The van der Waals surface area contributed by atoms with Crippen LogP contribution in [0.1, 0.15) is 5.56 Å². The first kappa shape index (κ1) is 10.7. The maximum atomic E-state index is 6.00. The van der Waals surface area contributed by atoms with Gasteiger partial charge < -0.3 is 11.5 Å². The van der Waals surface area contributed by atoms with E-state index in [0.717, 1.165) is 11.1 Å². The van der Waals surface area contributed by atoms with Crippen LogP contribution < -0.4 is 11.5 Å². The molecule has 82 valence electrons. The van der Waals surface area contributed by atoms with Gasteiger partial charge in [-0.25, -0.2) is 4.98 Å². The fourth-order valence-electron chi connectivity index (χ4n) is 1.45. The normalized spacial score (nSPS) is 10.4. The molecular weight excluding hydrogens is 224 g/mol. The number of halogens is 1. The van der Waals surface area contributed by atoms with Crippen LogP contribution in [0.15, 0.2) is 24.3 Å². The molecule has 0 saturated carbocycles. The summed E-state index contributed by atoms with van der Waals surface area (Å²) in [5.74, 6) is 0.375. The molecule has 0 aliphatic heterocycles. The number of hydrogen-bond donors (Lipinski definition) is 2. The van der Waals surface area contributed by atoms with Crippen molar-refractivity contribution in [2.45, 2.75) is 6.92 Å². The monoisotopic (exact) mass is 234 g/mol. The van der Waals surface area contributed by atoms with Crippen molar-refractivity contribution in [1.29, 1.82) is 0 Å². The Bertz CT molecular complexity index is 499. The lowest BCUT2D eigenvalue weighted by Crippen LogP contribution is -2.02. The summed E-state index contributed by atoms with van der Waals surface area (Å²) in [6.45, 7) is 2.01. The molecule has 0 unspecified atom stereocenters. The molecule has 4 nitrogen and oxygen atoms in total. The molecule has 2 rings (SSSR count). The second kappa shape index (κ2) is 3.98. The van der Waals surface area contributed by atoms with Gasteiger partial charge in [-0.2, -0.15) is 4.98 Å². The Hall–Kier alpha value is -1.81. The summed E-state index contributed by atoms with van der Waals surface area (Å²) in [5, 5.41) is 0.272. The van der Waals surface area contributed by atoms with Crippen LogP contribution in [0, 0.1) is 6.92 Å². The molecule has 0 bridgehead atoms. The summed E-state index contributed by atoms with van der Waals surface area (Å²) >= 11 is 6.00. The number of nitrogen functional groups attached to an aromatic ring is 2. The van der Waals surface area contributed by atoms with E-state index < -0.39 is 0 Å². The number of nitrogens with zero attached hydrogens (tertiary/aromatic N) is 2. The Balaban J connectivity index is 2.60. The Morgan fingerprint density at radius 3 is 2.25 bits per heavy atom. The van der Waals surface area contributed by atoms with Crippen LogP contribution in [-0.4, -0.2) is 9.97 Å². The van der Waals surface area contributed by atoms with Gasteiger partial charge in [0.25, 0.3) is 0 Å². The minimum Gasteiger partial charge on any atom is -0.383 e. The minimum atomic E-state index is 0.0818. The zero-order valence-corrected chi connectivity index (χ0v) is 9.49. The van der Waals surface area contributed by atoms with E-state index in [0.29, 0.717) is 11.4 Å². The quantitative estimate of drug-likeness (QED) is 0.742. The summed E-state index contributed by atoms with van der Waals surface area (Å²) in [6, 6.07) is 7.79. The number of nitrogens with two attached hydrogens (primary N) is 2. The highest BCUT2D eigenvalue weighted by Gasteiger charge is 2.11. The second-order valence-electron chi connectivity index (χ2n) is 3.50. The molecule has 0 aliphatic carbocycles. The van der Waals surface area contributed by atoms with E-state index in [1.165, 1.54) is 0 Å². The first-order valence-electron chi connectivity index (χ1n) is 4.73. The van der Waals surface area contributed by atoms with Gasteiger partial charge in [-0.05, 0) is 12.5 Å². The van der Waals surface area contributed by atoms with Gasteiger partial charge in [-0.1, -0.05) is 41.4 Å². The number of rotatable bonds is 1.